The van der Waals surface area contributed by atoms with Crippen molar-refractivity contribution in [2.45, 2.75) is 32.1 Å². The number of carbonyl (C=O) groups excluding carboxylic acids is 2. The van der Waals surface area contributed by atoms with Gasteiger partial charge in [-0.15, -0.1) is 11.6 Å². The highest BCUT2D eigenvalue weighted by atomic mass is 35.5. The van der Waals surface area contributed by atoms with Crippen LogP contribution in [0.25, 0.3) is 0 Å². The van der Waals surface area contributed by atoms with Gasteiger partial charge in [0, 0.05) is 18.0 Å². The maximum Gasteiger partial charge on any atom is 0.242 e. The second-order valence-electron chi connectivity index (χ2n) is 5.08. The molecule has 0 saturated carbocycles. The third-order valence-electron chi connectivity index (χ3n) is 3.35. The lowest BCUT2D eigenvalue weighted by atomic mass is 9.94. The van der Waals surface area contributed by atoms with Crippen LogP contribution < -0.4 is 10.7 Å². The molecule has 0 radical (unpaired) electrons. The Balaban J connectivity index is 2.09. The molecule has 21 heavy (non-hydrogen) atoms. The predicted octanol–water partition coefficient (Wildman–Crippen LogP) is 2.50. The Hall–Kier alpha value is -1.88. The minimum atomic E-state index is -0.525. The molecule has 0 saturated heterocycles. The average molecular weight is 308 g/mol. The summed E-state index contributed by atoms with van der Waals surface area (Å²) < 4.78 is 0. The van der Waals surface area contributed by atoms with E-state index >= 15 is 0 Å². The zero-order valence-electron chi connectivity index (χ0n) is 12.0. The van der Waals surface area contributed by atoms with E-state index in [9.17, 15) is 9.59 Å². The average Bonchev–Trinajstić information content (AvgIpc) is 2.47. The zero-order chi connectivity index (χ0) is 15.4. The molecule has 1 aliphatic rings. The number of carbonyl (C=O) groups is 2. The molecule has 1 aromatic carbocycles. The molecule has 2 rings (SSSR count). The van der Waals surface area contributed by atoms with Gasteiger partial charge in [0.25, 0.3) is 0 Å². The van der Waals surface area contributed by atoms with E-state index in [1.807, 2.05) is 26.0 Å². The van der Waals surface area contributed by atoms with Crippen LogP contribution in [0.1, 0.15) is 32.3 Å². The van der Waals surface area contributed by atoms with Crippen LogP contribution in [0.4, 0.5) is 5.69 Å². The number of benzene rings is 1. The predicted molar refractivity (Wildman–Crippen MR) is 83.5 cm³/mol. The van der Waals surface area contributed by atoms with Crippen LogP contribution in [-0.2, 0) is 9.59 Å². The first-order chi connectivity index (χ1) is 10.0. The number of nitrogens with zero attached hydrogens (tertiary/aromatic N) is 1. The molecule has 0 bridgehead atoms. The molecule has 0 fully saturated rings. The molecule has 1 aliphatic heterocycles. The van der Waals surface area contributed by atoms with Gasteiger partial charge in [-0.3, -0.25) is 9.59 Å². The molecule has 1 aromatic rings. The van der Waals surface area contributed by atoms with E-state index in [0.717, 1.165) is 11.3 Å². The van der Waals surface area contributed by atoms with Crippen molar-refractivity contribution >= 4 is 34.8 Å². The van der Waals surface area contributed by atoms with Gasteiger partial charge in [0.1, 0.15) is 5.38 Å². The fourth-order valence-corrected chi connectivity index (χ4v) is 2.19. The van der Waals surface area contributed by atoms with Crippen molar-refractivity contribution in [3.05, 3.63) is 29.8 Å². The van der Waals surface area contributed by atoms with Crippen LogP contribution in [0, 0.1) is 5.92 Å². The van der Waals surface area contributed by atoms with Crippen LogP contribution in [0.2, 0.25) is 0 Å². The van der Waals surface area contributed by atoms with Crippen molar-refractivity contribution in [3.63, 3.8) is 0 Å². The Morgan fingerprint density at radius 2 is 2.14 bits per heavy atom. The first-order valence-electron chi connectivity index (χ1n) is 6.93. The molecular weight excluding hydrogens is 290 g/mol. The second kappa shape index (κ2) is 6.72. The van der Waals surface area contributed by atoms with Crippen LogP contribution in [0.15, 0.2) is 29.4 Å². The van der Waals surface area contributed by atoms with Crippen molar-refractivity contribution in [2.24, 2.45) is 11.0 Å². The first kappa shape index (κ1) is 15.5. The van der Waals surface area contributed by atoms with Gasteiger partial charge in [-0.25, -0.2) is 5.43 Å². The fraction of sp³-hybridized carbons (Fsp3) is 0.400. The van der Waals surface area contributed by atoms with Gasteiger partial charge in [0.05, 0.1) is 5.71 Å². The standard InChI is InChI=1S/C15H18ClN3O2/c1-3-12(16)15(21)17-11-6-4-10(5-7-11)14-9(2)8-13(20)18-19-14/h4-7,9,12H,3,8H2,1-2H3,(H,17,21)(H,18,20). The molecular formula is C15H18ClN3O2. The zero-order valence-corrected chi connectivity index (χ0v) is 12.8. The Kier molecular flexibility index (Phi) is 4.96. The van der Waals surface area contributed by atoms with E-state index in [4.69, 9.17) is 11.6 Å². The summed E-state index contributed by atoms with van der Waals surface area (Å²) in [7, 11) is 0. The first-order valence-corrected chi connectivity index (χ1v) is 7.36. The number of halogens is 1. The highest BCUT2D eigenvalue weighted by Gasteiger charge is 2.21. The Morgan fingerprint density at radius 3 is 2.71 bits per heavy atom. The number of hydrogen-bond donors (Lipinski definition) is 2. The highest BCUT2D eigenvalue weighted by Crippen LogP contribution is 2.19. The molecule has 5 nitrogen and oxygen atoms in total. The highest BCUT2D eigenvalue weighted by molar-refractivity contribution is 6.32. The molecule has 2 atom stereocenters. The molecule has 1 heterocycles. The third kappa shape index (κ3) is 3.82. The summed E-state index contributed by atoms with van der Waals surface area (Å²) in [5.74, 6) is -0.197. The van der Waals surface area contributed by atoms with Gasteiger partial charge >= 0.3 is 0 Å². The third-order valence-corrected chi connectivity index (χ3v) is 3.86. The number of hydrogen-bond acceptors (Lipinski definition) is 3. The lowest BCUT2D eigenvalue weighted by Crippen LogP contribution is -2.31. The minimum absolute atomic E-state index is 0.0668. The summed E-state index contributed by atoms with van der Waals surface area (Å²) in [5.41, 5.74) is 4.96. The van der Waals surface area contributed by atoms with Gasteiger partial charge in [0.15, 0.2) is 0 Å². The number of hydrazone groups is 1. The van der Waals surface area contributed by atoms with Gasteiger partial charge in [-0.1, -0.05) is 26.0 Å². The number of nitrogens with one attached hydrogen (secondary N) is 2. The summed E-state index contributed by atoms with van der Waals surface area (Å²) in [6.07, 6.45) is 1.02. The number of anilines is 1. The molecule has 112 valence electrons. The SMILES string of the molecule is CCC(Cl)C(=O)Nc1ccc(C2=NNC(=O)CC2C)cc1. The van der Waals surface area contributed by atoms with E-state index in [-0.39, 0.29) is 17.7 Å². The Bertz CT molecular complexity index is 569. The van der Waals surface area contributed by atoms with Crippen molar-refractivity contribution in [1.29, 1.82) is 0 Å². The van der Waals surface area contributed by atoms with E-state index in [2.05, 4.69) is 15.8 Å². The van der Waals surface area contributed by atoms with Crippen LogP contribution in [0.3, 0.4) is 0 Å². The summed E-state index contributed by atoms with van der Waals surface area (Å²) in [6, 6.07) is 7.35. The molecule has 2 unspecified atom stereocenters. The number of amides is 2. The molecule has 0 aromatic heterocycles. The van der Waals surface area contributed by atoms with Gasteiger partial charge < -0.3 is 5.32 Å². The number of rotatable bonds is 4. The maximum absolute atomic E-state index is 11.7. The molecule has 0 spiro atoms. The van der Waals surface area contributed by atoms with E-state index in [1.54, 1.807) is 12.1 Å². The largest absolute Gasteiger partial charge is 0.325 e. The monoisotopic (exact) mass is 307 g/mol. The second-order valence-corrected chi connectivity index (χ2v) is 5.61. The normalized spacial score (nSPS) is 19.5. The van der Waals surface area contributed by atoms with E-state index in [0.29, 0.717) is 18.5 Å². The fourth-order valence-electron chi connectivity index (χ4n) is 2.13. The minimum Gasteiger partial charge on any atom is -0.325 e. The van der Waals surface area contributed by atoms with E-state index in [1.165, 1.54) is 0 Å². The quantitative estimate of drug-likeness (QED) is 0.839. The van der Waals surface area contributed by atoms with Crippen LogP contribution in [-0.4, -0.2) is 22.9 Å². The maximum atomic E-state index is 11.7. The van der Waals surface area contributed by atoms with Crippen molar-refractivity contribution in [3.8, 4) is 0 Å². The molecule has 2 amide bonds. The lowest BCUT2D eigenvalue weighted by Gasteiger charge is -2.19. The van der Waals surface area contributed by atoms with E-state index < -0.39 is 5.38 Å². The Morgan fingerprint density at radius 1 is 1.48 bits per heavy atom. The topological polar surface area (TPSA) is 70.6 Å². The summed E-state index contributed by atoms with van der Waals surface area (Å²) in [5, 5.41) is 6.34. The lowest BCUT2D eigenvalue weighted by molar-refractivity contribution is -0.122. The van der Waals surface area contributed by atoms with Crippen LogP contribution >= 0.6 is 11.6 Å². The molecule has 6 heteroatoms. The molecule has 0 aliphatic carbocycles. The number of alkyl halides is 1. The summed E-state index contributed by atoms with van der Waals surface area (Å²) in [6.45, 7) is 3.82. The smallest absolute Gasteiger partial charge is 0.242 e. The molecule has 2 N–H and O–H groups in total. The van der Waals surface area contributed by atoms with Crippen LogP contribution in [0.5, 0.6) is 0 Å². The van der Waals surface area contributed by atoms with Crippen molar-refractivity contribution in [1.82, 2.24) is 5.43 Å². The van der Waals surface area contributed by atoms with Gasteiger partial charge in [-0.2, -0.15) is 5.10 Å². The van der Waals surface area contributed by atoms with Crippen molar-refractivity contribution in [2.75, 3.05) is 5.32 Å². The Labute approximate surface area is 128 Å². The summed E-state index contributed by atoms with van der Waals surface area (Å²) >= 11 is 5.88. The summed E-state index contributed by atoms with van der Waals surface area (Å²) in [4.78, 5) is 22.9. The van der Waals surface area contributed by atoms with Crippen molar-refractivity contribution < 1.29 is 9.59 Å². The van der Waals surface area contributed by atoms with Gasteiger partial charge in [0.2, 0.25) is 11.8 Å². The van der Waals surface area contributed by atoms with Gasteiger partial charge in [-0.05, 0) is 24.1 Å².